The van der Waals surface area contributed by atoms with E-state index in [1.807, 2.05) is 0 Å². The Hall–Kier alpha value is 0.175. The monoisotopic (exact) mass is 211 g/mol. The van der Waals surface area contributed by atoms with E-state index < -0.39 is 18.6 Å². The lowest BCUT2D eigenvalue weighted by molar-refractivity contribution is 0.00462. The first-order valence-corrected chi connectivity index (χ1v) is 5.38. The van der Waals surface area contributed by atoms with Crippen LogP contribution in [0.5, 0.6) is 0 Å². The van der Waals surface area contributed by atoms with Gasteiger partial charge >= 0.3 is 6.53 Å². The van der Waals surface area contributed by atoms with Crippen LogP contribution in [0.3, 0.4) is 0 Å². The first-order valence-electron chi connectivity index (χ1n) is 4.50. The third-order valence-corrected chi connectivity index (χ3v) is 2.74. The maximum atomic E-state index is 10.6. The molecule has 3 radical (unpaired) electrons. The van der Waals surface area contributed by atoms with E-state index in [1.165, 1.54) is 0 Å². The minimum atomic E-state index is -0.456. The van der Waals surface area contributed by atoms with Crippen LogP contribution in [-0.2, 0) is 14.0 Å². The van der Waals surface area contributed by atoms with Gasteiger partial charge in [0.15, 0.2) is 0 Å². The smallest absolute Gasteiger partial charge is 0.353 e. The first kappa shape index (κ1) is 12.2. The fourth-order valence-corrected chi connectivity index (χ4v) is 1.72. The summed E-state index contributed by atoms with van der Waals surface area (Å²) in [7, 11) is 7.14. The quantitative estimate of drug-likeness (QED) is 0.499. The van der Waals surface area contributed by atoms with Crippen molar-refractivity contribution in [2.75, 3.05) is 6.61 Å². The molecular formula is C6H11B3O4P. The summed E-state index contributed by atoms with van der Waals surface area (Å²) in [5.41, 5.74) is 0. The highest BCUT2D eigenvalue weighted by atomic mass is 31.1. The maximum absolute atomic E-state index is 10.6. The summed E-state index contributed by atoms with van der Waals surface area (Å²) >= 11 is 0. The predicted octanol–water partition coefficient (Wildman–Crippen LogP) is -0.324. The van der Waals surface area contributed by atoms with Crippen LogP contribution < -0.4 is 0 Å². The largest absolute Gasteiger partial charge is 0.425 e. The summed E-state index contributed by atoms with van der Waals surface area (Å²) in [4.78, 5) is 0. The van der Waals surface area contributed by atoms with Gasteiger partial charge in [-0.3, -0.25) is 4.57 Å². The van der Waals surface area contributed by atoms with Gasteiger partial charge in [0.2, 0.25) is 0 Å². The fourth-order valence-electron chi connectivity index (χ4n) is 1.40. The molecule has 1 rings (SSSR count). The van der Waals surface area contributed by atoms with Crippen molar-refractivity contribution >= 4 is 29.9 Å². The van der Waals surface area contributed by atoms with Gasteiger partial charge in [-0.25, -0.2) is 0 Å². The molecule has 8 heteroatoms. The molecule has 0 spiro atoms. The van der Waals surface area contributed by atoms with Gasteiger partial charge in [0.25, 0.3) is 0 Å². The van der Waals surface area contributed by atoms with Crippen LogP contribution in [0.2, 0.25) is 6.82 Å². The fraction of sp³-hybridized carbons (Fsp3) is 1.00. The third-order valence-electron chi connectivity index (χ3n) is 2.11. The molecule has 73 valence electrons. The molecule has 0 saturated carbocycles. The number of rotatable bonds is 5. The average molecular weight is 211 g/mol. The van der Waals surface area contributed by atoms with E-state index in [9.17, 15) is 4.57 Å². The summed E-state index contributed by atoms with van der Waals surface area (Å²) in [5.74, 6) is 0. The van der Waals surface area contributed by atoms with Crippen molar-refractivity contribution in [3.8, 4) is 0 Å². The Balaban J connectivity index is 2.45. The lowest BCUT2D eigenvalue weighted by Crippen LogP contribution is -2.33. The van der Waals surface area contributed by atoms with Gasteiger partial charge in [0.1, 0.15) is 29.5 Å². The average Bonchev–Trinajstić information content (AvgIpc) is 2.55. The van der Waals surface area contributed by atoms with Crippen molar-refractivity contribution in [3.05, 3.63) is 0 Å². The van der Waals surface area contributed by atoms with Crippen molar-refractivity contribution < 1.29 is 19.1 Å². The standard InChI is InChI=1S/C6H11B3O4P/c1-8-9(14-11)13-4-2-6(7)12-5(4)3-10/h4-6,10H,2-3H2,1H3/t4?,5?,6-/m1/s1. The minimum absolute atomic E-state index is 0.0911. The number of hydrogen-bond donors (Lipinski definition) is 1. The minimum Gasteiger partial charge on any atom is -0.425 e. The molecule has 14 heavy (non-hydrogen) atoms. The zero-order valence-corrected chi connectivity index (χ0v) is 8.89. The zero-order valence-electron chi connectivity index (χ0n) is 8.00. The Morgan fingerprint density at radius 3 is 3.07 bits per heavy atom. The predicted molar refractivity (Wildman–Crippen MR) is 56.0 cm³/mol. The lowest BCUT2D eigenvalue weighted by atomic mass is 9.50. The highest BCUT2D eigenvalue weighted by molar-refractivity contribution is 7.76. The van der Waals surface area contributed by atoms with Crippen LogP contribution in [0, 0.1) is 0 Å². The van der Waals surface area contributed by atoms with Gasteiger partial charge in [-0.15, -0.1) is 0 Å². The molecule has 3 atom stereocenters. The van der Waals surface area contributed by atoms with Crippen LogP contribution in [0.4, 0.5) is 0 Å². The maximum Gasteiger partial charge on any atom is 0.353 e. The van der Waals surface area contributed by atoms with E-state index >= 15 is 0 Å². The zero-order chi connectivity index (χ0) is 10.6. The number of hydrogen-bond acceptors (Lipinski definition) is 4. The Kier molecular flexibility index (Phi) is 5.17. The van der Waals surface area contributed by atoms with Crippen LogP contribution >= 0.6 is 8.34 Å². The molecule has 0 bridgehead atoms. The van der Waals surface area contributed by atoms with Crippen LogP contribution in [0.15, 0.2) is 0 Å². The molecule has 0 aromatic carbocycles. The molecule has 0 aliphatic carbocycles. The lowest BCUT2D eigenvalue weighted by Gasteiger charge is -2.18. The number of ether oxygens (including phenoxy) is 1. The van der Waals surface area contributed by atoms with Crippen LogP contribution in [0.1, 0.15) is 6.42 Å². The topological polar surface area (TPSA) is 55.8 Å². The van der Waals surface area contributed by atoms with Gasteiger partial charge in [0, 0.05) is 6.00 Å². The van der Waals surface area contributed by atoms with Crippen LogP contribution in [-0.4, -0.2) is 51.5 Å². The summed E-state index contributed by atoms with van der Waals surface area (Å²) < 4.78 is 21.2. The van der Waals surface area contributed by atoms with Crippen molar-refractivity contribution in [1.29, 1.82) is 0 Å². The molecule has 0 aromatic rings. The molecule has 1 aliphatic rings. The molecule has 1 N–H and O–H groups in total. The van der Waals surface area contributed by atoms with E-state index in [0.717, 1.165) is 0 Å². The molecule has 1 heterocycles. The van der Waals surface area contributed by atoms with Gasteiger partial charge in [-0.1, -0.05) is 6.82 Å². The second-order valence-electron chi connectivity index (χ2n) is 3.14. The van der Waals surface area contributed by atoms with Crippen molar-refractivity contribution in [1.82, 2.24) is 0 Å². The van der Waals surface area contributed by atoms with E-state index in [0.29, 0.717) is 6.42 Å². The molecule has 0 amide bonds. The molecule has 2 unspecified atom stereocenters. The summed E-state index contributed by atoms with van der Waals surface area (Å²) in [6.45, 7) is 1.17. The SMILES string of the molecule is [B][C@H]1CC(OB([B]C)P=O)C(CO)O1. The molecule has 1 aliphatic heterocycles. The molecule has 1 fully saturated rings. The Bertz CT molecular complexity index is 196. The Morgan fingerprint density at radius 2 is 2.57 bits per heavy atom. The summed E-state index contributed by atoms with van der Waals surface area (Å²) in [6.07, 6.45) is -0.169. The highest BCUT2D eigenvalue weighted by Crippen LogP contribution is 2.23. The van der Waals surface area contributed by atoms with Gasteiger partial charge < -0.3 is 14.5 Å². The van der Waals surface area contributed by atoms with E-state index in [-0.39, 0.29) is 21.0 Å². The summed E-state index contributed by atoms with van der Waals surface area (Å²) in [6, 6.07) is -0.405. The molecule has 4 nitrogen and oxygen atoms in total. The van der Waals surface area contributed by atoms with E-state index in [2.05, 4.69) is 0 Å². The van der Waals surface area contributed by atoms with Gasteiger partial charge in [-0.2, -0.15) is 0 Å². The van der Waals surface area contributed by atoms with Crippen LogP contribution in [0.25, 0.3) is 0 Å². The van der Waals surface area contributed by atoms with Gasteiger partial charge in [0.05, 0.1) is 12.7 Å². The second kappa shape index (κ2) is 5.91. The third kappa shape index (κ3) is 3.09. The van der Waals surface area contributed by atoms with Gasteiger partial charge in [-0.05, 0) is 6.42 Å². The number of aliphatic hydroxyl groups is 1. The second-order valence-corrected chi connectivity index (χ2v) is 3.85. The van der Waals surface area contributed by atoms with Crippen molar-refractivity contribution in [2.24, 2.45) is 0 Å². The van der Waals surface area contributed by atoms with Crippen molar-refractivity contribution in [2.45, 2.75) is 31.5 Å². The first-order chi connectivity index (χ1) is 6.71. The highest BCUT2D eigenvalue weighted by Gasteiger charge is 2.35. The summed E-state index contributed by atoms with van der Waals surface area (Å²) in [5, 5.41) is 8.96. The molecule has 0 aromatic heterocycles. The van der Waals surface area contributed by atoms with E-state index in [4.69, 9.17) is 22.3 Å². The van der Waals surface area contributed by atoms with E-state index in [1.54, 1.807) is 14.0 Å². The molecular weight excluding hydrogens is 199 g/mol. The van der Waals surface area contributed by atoms with Crippen molar-refractivity contribution in [3.63, 3.8) is 0 Å². The normalized spacial score (nSPS) is 32.0. The number of aliphatic hydroxyl groups excluding tert-OH is 1. The Morgan fingerprint density at radius 1 is 1.86 bits per heavy atom. The molecule has 1 saturated heterocycles. The Labute approximate surface area is 87.6 Å².